The van der Waals surface area contributed by atoms with Gasteiger partial charge in [0.1, 0.15) is 6.10 Å². The molecule has 8 nitrogen and oxygen atoms in total. The third-order valence-electron chi connectivity index (χ3n) is 3.68. The van der Waals surface area contributed by atoms with Gasteiger partial charge in [-0.3, -0.25) is 10.1 Å². The lowest BCUT2D eigenvalue weighted by Gasteiger charge is -2.17. The molecular formula is C18H28BNO7. The molecule has 0 aromatic heterocycles. The summed E-state index contributed by atoms with van der Waals surface area (Å²) in [6.07, 6.45) is 4.41. The van der Waals surface area contributed by atoms with E-state index in [4.69, 9.17) is 18.9 Å². The Bertz CT molecular complexity index is 584. The van der Waals surface area contributed by atoms with Crippen molar-refractivity contribution >= 4 is 7.12 Å². The molecule has 0 saturated carbocycles. The van der Waals surface area contributed by atoms with Crippen molar-refractivity contribution < 1.29 is 28.8 Å². The summed E-state index contributed by atoms with van der Waals surface area (Å²) in [5.74, 6) is 0.159. The van der Waals surface area contributed by atoms with Crippen LogP contribution in [0.1, 0.15) is 13.8 Å². The fraction of sp³-hybridized carbons (Fsp3) is 0.611. The number of ether oxygens (including phenoxy) is 3. The van der Waals surface area contributed by atoms with Crippen molar-refractivity contribution in [1.82, 2.24) is 0 Å². The second-order valence-electron chi connectivity index (χ2n) is 6.41. The van der Waals surface area contributed by atoms with Gasteiger partial charge in [0.15, 0.2) is 0 Å². The molecule has 1 heterocycles. The molecule has 1 rings (SSSR count). The van der Waals surface area contributed by atoms with Crippen LogP contribution in [0.3, 0.4) is 0 Å². The first kappa shape index (κ1) is 23.3. The van der Waals surface area contributed by atoms with E-state index >= 15 is 0 Å². The highest BCUT2D eigenvalue weighted by molar-refractivity contribution is 6.55. The van der Waals surface area contributed by atoms with E-state index in [1.54, 1.807) is 25.3 Å². The summed E-state index contributed by atoms with van der Waals surface area (Å²) in [6.45, 7) is 9.23. The standard InChI is InChI=1S/C18H28BNO7/c1-14(2)26-13-16(11-24-4)12-25-9-7-5-6-8-17-15(3)19(21)27-18(17)10-20(22)23/h5-7,14,16,18,21H,3,9-13H2,1-2,4H3/b7-5-. The lowest BCUT2D eigenvalue weighted by Crippen LogP contribution is -2.23. The molecule has 0 aliphatic carbocycles. The minimum atomic E-state index is -1.23. The molecule has 9 heteroatoms. The second-order valence-corrected chi connectivity index (χ2v) is 6.41. The van der Waals surface area contributed by atoms with Crippen LogP contribution in [0.25, 0.3) is 0 Å². The average molecular weight is 381 g/mol. The fourth-order valence-corrected chi connectivity index (χ4v) is 2.37. The first-order valence-corrected chi connectivity index (χ1v) is 8.79. The Morgan fingerprint density at radius 1 is 1.44 bits per heavy atom. The molecule has 0 bridgehead atoms. The number of rotatable bonds is 12. The van der Waals surface area contributed by atoms with Gasteiger partial charge in [0, 0.05) is 23.5 Å². The van der Waals surface area contributed by atoms with E-state index in [0.717, 1.165) is 0 Å². The third-order valence-corrected chi connectivity index (χ3v) is 3.68. The predicted molar refractivity (Wildman–Crippen MR) is 102 cm³/mol. The van der Waals surface area contributed by atoms with Crippen LogP contribution in [0.4, 0.5) is 0 Å². The summed E-state index contributed by atoms with van der Waals surface area (Å²) in [5, 5.41) is 20.3. The SMILES string of the molecule is C=C1B(O)OC(C[N+](=O)[O-])C1=C=C/C=C\COCC(COC)COC(C)C. The van der Waals surface area contributed by atoms with Crippen LogP contribution in [0.5, 0.6) is 0 Å². The summed E-state index contributed by atoms with van der Waals surface area (Å²) >= 11 is 0. The van der Waals surface area contributed by atoms with Crippen molar-refractivity contribution in [2.75, 3.05) is 40.1 Å². The van der Waals surface area contributed by atoms with E-state index in [1.165, 1.54) is 0 Å². The lowest BCUT2D eigenvalue weighted by molar-refractivity contribution is -0.486. The monoisotopic (exact) mass is 381 g/mol. The lowest BCUT2D eigenvalue weighted by atomic mass is 9.79. The van der Waals surface area contributed by atoms with E-state index in [9.17, 15) is 15.1 Å². The molecule has 1 aliphatic rings. The topological polar surface area (TPSA) is 100 Å². The van der Waals surface area contributed by atoms with Crippen LogP contribution in [0, 0.1) is 16.0 Å². The van der Waals surface area contributed by atoms with E-state index < -0.39 is 24.7 Å². The van der Waals surface area contributed by atoms with Gasteiger partial charge in [-0.2, -0.15) is 0 Å². The zero-order valence-electron chi connectivity index (χ0n) is 16.1. The molecule has 0 radical (unpaired) electrons. The van der Waals surface area contributed by atoms with Crippen molar-refractivity contribution in [2.45, 2.75) is 26.1 Å². The van der Waals surface area contributed by atoms with Gasteiger partial charge in [-0.15, -0.1) is 5.73 Å². The normalized spacial score (nSPS) is 18.4. The molecule has 2 atom stereocenters. The highest BCUT2D eigenvalue weighted by Crippen LogP contribution is 2.25. The predicted octanol–water partition coefficient (Wildman–Crippen LogP) is 1.58. The molecule has 1 N–H and O–H groups in total. The van der Waals surface area contributed by atoms with Gasteiger partial charge in [0.05, 0.1) is 32.5 Å². The summed E-state index contributed by atoms with van der Waals surface area (Å²) in [6, 6.07) is 0. The molecule has 2 unspecified atom stereocenters. The minimum Gasteiger partial charge on any atom is -0.423 e. The zero-order valence-corrected chi connectivity index (χ0v) is 16.1. The van der Waals surface area contributed by atoms with Gasteiger partial charge in [0.25, 0.3) is 0 Å². The maximum atomic E-state index is 10.7. The smallest absolute Gasteiger partial charge is 0.423 e. The number of hydrogen-bond acceptors (Lipinski definition) is 7. The number of methoxy groups -OCH3 is 1. The minimum absolute atomic E-state index is 0.159. The van der Waals surface area contributed by atoms with E-state index in [0.29, 0.717) is 32.0 Å². The van der Waals surface area contributed by atoms with Gasteiger partial charge < -0.3 is 23.9 Å². The molecule has 1 saturated heterocycles. The third kappa shape index (κ3) is 9.15. The molecule has 27 heavy (non-hydrogen) atoms. The molecule has 150 valence electrons. The highest BCUT2D eigenvalue weighted by Gasteiger charge is 2.39. The second kappa shape index (κ2) is 12.6. The zero-order chi connectivity index (χ0) is 20.2. The first-order valence-electron chi connectivity index (χ1n) is 8.79. The molecule has 0 aromatic carbocycles. The van der Waals surface area contributed by atoms with Gasteiger partial charge in [-0.1, -0.05) is 18.7 Å². The van der Waals surface area contributed by atoms with Gasteiger partial charge in [0.2, 0.25) is 6.54 Å². The Balaban J connectivity index is 2.48. The van der Waals surface area contributed by atoms with Crippen LogP contribution in [0.2, 0.25) is 0 Å². The van der Waals surface area contributed by atoms with Crippen LogP contribution in [-0.4, -0.2) is 69.4 Å². The van der Waals surface area contributed by atoms with E-state index in [-0.39, 0.29) is 17.5 Å². The Morgan fingerprint density at radius 2 is 2.19 bits per heavy atom. The van der Waals surface area contributed by atoms with Crippen LogP contribution in [0.15, 0.2) is 41.6 Å². The van der Waals surface area contributed by atoms with Crippen molar-refractivity contribution in [2.24, 2.45) is 5.92 Å². The largest absolute Gasteiger partial charge is 0.492 e. The number of allylic oxidation sites excluding steroid dienone is 1. The summed E-state index contributed by atoms with van der Waals surface area (Å²) in [7, 11) is 0.411. The average Bonchev–Trinajstić information content (AvgIpc) is 2.85. The van der Waals surface area contributed by atoms with Crippen molar-refractivity contribution in [1.29, 1.82) is 0 Å². The quantitative estimate of drug-likeness (QED) is 0.137. The molecule has 1 aliphatic heterocycles. The van der Waals surface area contributed by atoms with Crippen molar-refractivity contribution in [3.63, 3.8) is 0 Å². The Morgan fingerprint density at radius 3 is 2.81 bits per heavy atom. The maximum Gasteiger partial charge on any atom is 0.492 e. The van der Waals surface area contributed by atoms with E-state index in [2.05, 4.69) is 12.3 Å². The van der Waals surface area contributed by atoms with Crippen molar-refractivity contribution in [3.8, 4) is 0 Å². The van der Waals surface area contributed by atoms with Crippen LogP contribution >= 0.6 is 0 Å². The summed E-state index contributed by atoms with van der Waals surface area (Å²) in [4.78, 5) is 10.2. The van der Waals surface area contributed by atoms with Gasteiger partial charge >= 0.3 is 7.12 Å². The van der Waals surface area contributed by atoms with Crippen molar-refractivity contribution in [3.05, 3.63) is 51.7 Å². The molecule has 0 aromatic rings. The maximum absolute atomic E-state index is 10.7. The highest BCUT2D eigenvalue weighted by atomic mass is 16.6. The Kier molecular flexibility index (Phi) is 10.9. The Hall–Kier alpha value is -1.74. The summed E-state index contributed by atoms with van der Waals surface area (Å²) in [5.41, 5.74) is 3.58. The number of nitrogens with zero attached hydrogens (tertiary/aromatic N) is 1. The van der Waals surface area contributed by atoms with Crippen LogP contribution in [-0.2, 0) is 18.9 Å². The summed E-state index contributed by atoms with van der Waals surface area (Å²) < 4.78 is 21.4. The molecule has 0 amide bonds. The molecule has 0 spiro atoms. The van der Waals surface area contributed by atoms with E-state index in [1.807, 2.05) is 13.8 Å². The molecular weight excluding hydrogens is 353 g/mol. The van der Waals surface area contributed by atoms with Crippen LogP contribution < -0.4 is 0 Å². The van der Waals surface area contributed by atoms with Gasteiger partial charge in [-0.05, 0) is 25.4 Å². The first-order chi connectivity index (χ1) is 12.8. The van der Waals surface area contributed by atoms with Gasteiger partial charge in [-0.25, -0.2) is 0 Å². The Labute approximate surface area is 160 Å². The number of hydrogen-bond donors (Lipinski definition) is 1. The fourth-order valence-electron chi connectivity index (χ4n) is 2.37. The number of nitro groups is 1. The molecule has 1 fully saturated rings.